The molecule has 1 aromatic carbocycles. The van der Waals surface area contributed by atoms with Crippen LogP contribution in [0.15, 0.2) is 12.1 Å². The van der Waals surface area contributed by atoms with Crippen molar-refractivity contribution in [3.05, 3.63) is 28.8 Å². The lowest BCUT2D eigenvalue weighted by atomic mass is 10.1. The lowest BCUT2D eigenvalue weighted by molar-refractivity contribution is -0.127. The van der Waals surface area contributed by atoms with Gasteiger partial charge in [0.05, 0.1) is 0 Å². The van der Waals surface area contributed by atoms with E-state index in [2.05, 4.69) is 18.3 Å². The zero-order valence-corrected chi connectivity index (χ0v) is 12.8. The van der Waals surface area contributed by atoms with Crippen molar-refractivity contribution >= 4 is 5.91 Å². The van der Waals surface area contributed by atoms with Gasteiger partial charge in [0.2, 0.25) is 0 Å². The second-order valence-corrected chi connectivity index (χ2v) is 5.28. The fourth-order valence-electron chi connectivity index (χ4n) is 1.83. The van der Waals surface area contributed by atoms with Crippen molar-refractivity contribution in [3.63, 3.8) is 0 Å². The third-order valence-electron chi connectivity index (χ3n) is 3.44. The fourth-order valence-corrected chi connectivity index (χ4v) is 1.83. The van der Waals surface area contributed by atoms with Gasteiger partial charge in [-0.05, 0) is 63.8 Å². The predicted molar refractivity (Wildman–Crippen MR) is 78.6 cm³/mol. The normalized spacial score (nSPS) is 13.8. The van der Waals surface area contributed by atoms with Crippen molar-refractivity contribution in [2.75, 3.05) is 0 Å². The molecular formula is C16H25NO2. The van der Waals surface area contributed by atoms with E-state index in [1.54, 1.807) is 6.92 Å². The van der Waals surface area contributed by atoms with Gasteiger partial charge >= 0.3 is 0 Å². The second-order valence-electron chi connectivity index (χ2n) is 5.28. The van der Waals surface area contributed by atoms with Crippen molar-refractivity contribution in [2.24, 2.45) is 0 Å². The third-order valence-corrected chi connectivity index (χ3v) is 3.44. The number of carbonyl (C=O) groups is 1. The Morgan fingerprint density at radius 2 is 1.89 bits per heavy atom. The van der Waals surface area contributed by atoms with Crippen LogP contribution in [-0.2, 0) is 4.79 Å². The van der Waals surface area contributed by atoms with Gasteiger partial charge in [0, 0.05) is 6.04 Å². The number of carbonyl (C=O) groups excluding carboxylic acids is 1. The summed E-state index contributed by atoms with van der Waals surface area (Å²) in [5.41, 5.74) is 3.42. The van der Waals surface area contributed by atoms with Crippen LogP contribution in [0, 0.1) is 20.8 Å². The van der Waals surface area contributed by atoms with Crippen molar-refractivity contribution < 1.29 is 9.53 Å². The highest BCUT2D eigenvalue weighted by molar-refractivity contribution is 5.81. The van der Waals surface area contributed by atoms with Crippen molar-refractivity contribution in [3.8, 4) is 5.75 Å². The number of hydrogen-bond acceptors (Lipinski definition) is 2. The zero-order valence-electron chi connectivity index (χ0n) is 12.8. The molecule has 1 aromatic rings. The monoisotopic (exact) mass is 263 g/mol. The maximum Gasteiger partial charge on any atom is 0.260 e. The second kappa shape index (κ2) is 6.60. The fraction of sp³-hybridized carbons (Fsp3) is 0.562. The molecule has 0 aromatic heterocycles. The van der Waals surface area contributed by atoms with E-state index in [0.717, 1.165) is 23.3 Å². The van der Waals surface area contributed by atoms with Gasteiger partial charge < -0.3 is 10.1 Å². The molecule has 3 nitrogen and oxygen atoms in total. The summed E-state index contributed by atoms with van der Waals surface area (Å²) in [6, 6.07) is 4.28. The van der Waals surface area contributed by atoms with E-state index >= 15 is 0 Å². The molecule has 1 rings (SSSR count). The molecule has 0 aliphatic rings. The number of ether oxygens (including phenoxy) is 1. The summed E-state index contributed by atoms with van der Waals surface area (Å²) >= 11 is 0. The van der Waals surface area contributed by atoms with Crippen LogP contribution < -0.4 is 10.1 Å². The van der Waals surface area contributed by atoms with Crippen LogP contribution in [0.1, 0.15) is 43.9 Å². The molecule has 19 heavy (non-hydrogen) atoms. The topological polar surface area (TPSA) is 38.3 Å². The maximum absolute atomic E-state index is 12.0. The van der Waals surface area contributed by atoms with Gasteiger partial charge in [-0.15, -0.1) is 0 Å². The van der Waals surface area contributed by atoms with E-state index in [1.807, 2.05) is 33.8 Å². The molecule has 0 spiro atoms. The summed E-state index contributed by atoms with van der Waals surface area (Å²) in [6.07, 6.45) is 0.440. The molecule has 0 saturated heterocycles. The van der Waals surface area contributed by atoms with Crippen LogP contribution in [0.3, 0.4) is 0 Å². The molecule has 0 fully saturated rings. The van der Waals surface area contributed by atoms with E-state index in [1.165, 1.54) is 5.56 Å². The van der Waals surface area contributed by atoms with Crippen LogP contribution in [0.25, 0.3) is 0 Å². The zero-order chi connectivity index (χ0) is 14.6. The number of aryl methyl sites for hydroxylation is 2. The average molecular weight is 263 g/mol. The Balaban J connectivity index is 2.77. The Kier molecular flexibility index (Phi) is 5.40. The maximum atomic E-state index is 12.0. The summed E-state index contributed by atoms with van der Waals surface area (Å²) in [5, 5.41) is 2.93. The number of nitrogens with one attached hydrogen (secondary N) is 1. The minimum absolute atomic E-state index is 0.0621. The van der Waals surface area contributed by atoms with Crippen molar-refractivity contribution in [2.45, 2.75) is 60.1 Å². The minimum Gasteiger partial charge on any atom is -0.481 e. The third kappa shape index (κ3) is 4.27. The molecule has 2 atom stereocenters. The average Bonchev–Trinajstić information content (AvgIpc) is 2.34. The molecule has 0 radical (unpaired) electrons. The van der Waals surface area contributed by atoms with E-state index in [4.69, 9.17) is 4.74 Å². The SMILES string of the molecule is CC[C@H](C)NC(=O)[C@H](C)Oc1cc(C)cc(C)c1C. The first-order valence-electron chi connectivity index (χ1n) is 6.90. The summed E-state index contributed by atoms with van der Waals surface area (Å²) < 4.78 is 5.80. The number of rotatable bonds is 5. The van der Waals surface area contributed by atoms with Gasteiger partial charge in [0.15, 0.2) is 6.10 Å². The Morgan fingerprint density at radius 3 is 2.47 bits per heavy atom. The Hall–Kier alpha value is -1.51. The predicted octanol–water partition coefficient (Wildman–Crippen LogP) is 3.29. The molecule has 106 valence electrons. The van der Waals surface area contributed by atoms with E-state index in [-0.39, 0.29) is 11.9 Å². The summed E-state index contributed by atoms with van der Waals surface area (Å²) in [5.74, 6) is 0.734. The van der Waals surface area contributed by atoms with Crippen LogP contribution in [0.5, 0.6) is 5.75 Å². The molecular weight excluding hydrogens is 238 g/mol. The summed E-state index contributed by atoms with van der Waals surface area (Å²) in [7, 11) is 0. The lowest BCUT2D eigenvalue weighted by Crippen LogP contribution is -2.41. The Morgan fingerprint density at radius 1 is 1.26 bits per heavy atom. The molecule has 0 bridgehead atoms. The highest BCUT2D eigenvalue weighted by Crippen LogP contribution is 2.24. The number of amides is 1. The smallest absolute Gasteiger partial charge is 0.260 e. The lowest BCUT2D eigenvalue weighted by Gasteiger charge is -2.19. The Labute approximate surface area is 116 Å². The standard InChI is InChI=1S/C16H25NO2/c1-7-12(4)17-16(18)14(6)19-15-9-10(2)8-11(3)13(15)5/h8-9,12,14H,7H2,1-6H3,(H,17,18)/t12-,14-/m0/s1. The first-order chi connectivity index (χ1) is 8.85. The molecule has 0 aliphatic carbocycles. The van der Waals surface area contributed by atoms with Crippen molar-refractivity contribution in [1.29, 1.82) is 0 Å². The van der Waals surface area contributed by atoms with Crippen molar-refractivity contribution in [1.82, 2.24) is 5.32 Å². The van der Waals surface area contributed by atoms with E-state index in [9.17, 15) is 4.79 Å². The largest absolute Gasteiger partial charge is 0.481 e. The van der Waals surface area contributed by atoms with Gasteiger partial charge in [0.1, 0.15) is 5.75 Å². The van der Waals surface area contributed by atoms with Gasteiger partial charge in [0.25, 0.3) is 5.91 Å². The molecule has 3 heteroatoms. The minimum atomic E-state index is -0.478. The number of hydrogen-bond donors (Lipinski definition) is 1. The number of benzene rings is 1. The van der Waals surface area contributed by atoms with Gasteiger partial charge in [-0.1, -0.05) is 13.0 Å². The molecule has 0 heterocycles. The van der Waals surface area contributed by atoms with E-state index in [0.29, 0.717) is 0 Å². The van der Waals surface area contributed by atoms with Gasteiger partial charge in [-0.3, -0.25) is 4.79 Å². The molecule has 0 unspecified atom stereocenters. The first-order valence-corrected chi connectivity index (χ1v) is 6.90. The molecule has 1 amide bonds. The molecule has 0 saturated carbocycles. The summed E-state index contributed by atoms with van der Waals surface area (Å²) in [4.78, 5) is 12.0. The highest BCUT2D eigenvalue weighted by Gasteiger charge is 2.17. The molecule has 0 aliphatic heterocycles. The Bertz CT molecular complexity index is 454. The van der Waals surface area contributed by atoms with Crippen LogP contribution in [0.4, 0.5) is 0 Å². The highest BCUT2D eigenvalue weighted by atomic mass is 16.5. The summed E-state index contributed by atoms with van der Waals surface area (Å²) in [6.45, 7) is 11.9. The van der Waals surface area contributed by atoms with Gasteiger partial charge in [-0.2, -0.15) is 0 Å². The van der Waals surface area contributed by atoms with E-state index < -0.39 is 6.10 Å². The van der Waals surface area contributed by atoms with Crippen LogP contribution in [0.2, 0.25) is 0 Å². The van der Waals surface area contributed by atoms with Gasteiger partial charge in [-0.25, -0.2) is 0 Å². The van der Waals surface area contributed by atoms with Crippen LogP contribution in [-0.4, -0.2) is 18.1 Å². The first kappa shape index (κ1) is 15.5. The quantitative estimate of drug-likeness (QED) is 0.885. The van der Waals surface area contributed by atoms with Crippen LogP contribution >= 0.6 is 0 Å². The molecule has 1 N–H and O–H groups in total.